The monoisotopic (exact) mass is 197 g/mol. The van der Waals surface area contributed by atoms with E-state index in [1.165, 1.54) is 0 Å². The van der Waals surface area contributed by atoms with Gasteiger partial charge in [-0.15, -0.1) is 0 Å². The third-order valence-corrected chi connectivity index (χ3v) is 0. The topological polar surface area (TPSA) is 0 Å². The summed E-state index contributed by atoms with van der Waals surface area (Å²) in [7, 11) is 0. The summed E-state index contributed by atoms with van der Waals surface area (Å²) in [5.74, 6) is 0. The predicted octanol–water partition coefficient (Wildman–Crippen LogP) is 0.223. The fourth-order valence-electron chi connectivity index (χ4n) is 0. The molecule has 31 valence electrons. The van der Waals surface area contributed by atoms with Crippen molar-refractivity contribution in [3.05, 3.63) is 6.92 Å². The summed E-state index contributed by atoms with van der Waals surface area (Å²) >= 11 is 3.85. The van der Waals surface area contributed by atoms with Crippen LogP contribution in [0.4, 0.5) is 0 Å². The Labute approximate surface area is 55.7 Å². The summed E-state index contributed by atoms with van der Waals surface area (Å²) in [6.07, 6.45) is 0. The van der Waals surface area contributed by atoms with E-state index in [0.717, 1.165) is 0 Å². The Bertz CT molecular complexity index is 11.6. The molecule has 2 heteroatoms. The maximum atomic E-state index is 3.85. The van der Waals surface area contributed by atoms with Crippen LogP contribution in [0.25, 0.3) is 0 Å². The maximum absolute atomic E-state index is 3.85. The van der Waals surface area contributed by atoms with E-state index in [2.05, 4.69) is 19.6 Å². The van der Waals surface area contributed by atoms with E-state index >= 15 is 0 Å². The third-order valence-electron chi connectivity index (χ3n) is 0. The summed E-state index contributed by atoms with van der Waals surface area (Å²) in [6.45, 7) is 5.42. The summed E-state index contributed by atoms with van der Waals surface area (Å²) in [5.41, 5.74) is 0. The van der Waals surface area contributed by atoms with Crippen LogP contribution in [-0.2, 0) is 0 Å². The number of rotatable bonds is 0. The molecule has 0 rings (SSSR count). The molecule has 0 nitrogen and oxygen atoms in total. The Morgan fingerprint density at radius 1 is 1.80 bits per heavy atom. The van der Waals surface area contributed by atoms with Crippen molar-refractivity contribution in [2.24, 2.45) is 0 Å². The molecule has 0 aliphatic carbocycles. The fraction of sp³-hybridized carbons (Fsp3) is 0.667. The van der Waals surface area contributed by atoms with Gasteiger partial charge in [-0.05, 0) is 12.2 Å². The van der Waals surface area contributed by atoms with Crippen LogP contribution in [0.15, 0.2) is 0 Å². The Hall–Kier alpha value is 1.15. The molecule has 3 radical (unpaired) electrons. The van der Waals surface area contributed by atoms with Crippen LogP contribution < -0.4 is 0 Å². The quantitative estimate of drug-likeness (QED) is 0.415. The minimum atomic E-state index is 0. The molecule has 0 fully saturated rings. The van der Waals surface area contributed by atoms with Gasteiger partial charge in [-0.25, -0.2) is 0 Å². The second-order valence-corrected chi connectivity index (χ2v) is 1.73. The van der Waals surface area contributed by atoms with Gasteiger partial charge in [0.25, 0.3) is 0 Å². The van der Waals surface area contributed by atoms with Crippen LogP contribution in [0.1, 0.15) is 6.92 Å². The molecule has 0 aromatic rings. The molecular weight excluding hydrogens is 187 g/mol. The Morgan fingerprint density at radius 3 is 1.80 bits per heavy atom. The summed E-state index contributed by atoms with van der Waals surface area (Å²) in [4.78, 5) is 0. The van der Waals surface area contributed by atoms with E-state index in [-0.39, 0.29) is 29.2 Å². The molecule has 0 aliphatic heterocycles. The molecule has 1 unspecified atom stereocenters. The van der Waals surface area contributed by atoms with Crippen molar-refractivity contribution in [2.45, 2.75) is 12.2 Å². The molecule has 0 N–H and O–H groups in total. The van der Waals surface area contributed by atoms with Gasteiger partial charge in [0, 0.05) is 0 Å². The summed E-state index contributed by atoms with van der Waals surface area (Å²) < 4.78 is 0. The van der Waals surface area contributed by atoms with Crippen LogP contribution in [-0.4, -0.2) is 29.2 Å². The van der Waals surface area contributed by atoms with Gasteiger partial charge in [-0.1, -0.05) is 6.92 Å². The van der Waals surface area contributed by atoms with Crippen molar-refractivity contribution in [3.63, 3.8) is 0 Å². The molecule has 5 heavy (non-hydrogen) atoms. The second-order valence-electron chi connectivity index (χ2n) is 0.849. The minimum absolute atomic E-state index is 0. The average molecular weight is 196 g/mol. The van der Waals surface area contributed by atoms with Gasteiger partial charge in [-0.2, -0.15) is 12.6 Å². The van der Waals surface area contributed by atoms with Crippen LogP contribution in [0.5, 0.6) is 0 Å². The van der Waals surface area contributed by atoms with Gasteiger partial charge in [0.05, 0.1) is 0 Å². The van der Waals surface area contributed by atoms with Gasteiger partial charge in [-0.3, -0.25) is 0 Å². The van der Waals surface area contributed by atoms with Gasteiger partial charge in [0.1, 0.15) is 0 Å². The molecule has 0 aromatic heterocycles. The normalized spacial score (nSPS) is 7.20. The Balaban J connectivity index is 0. The van der Waals surface area contributed by atoms with Crippen molar-refractivity contribution in [2.75, 3.05) is 0 Å². The molecule has 0 bridgehead atoms. The van der Waals surface area contributed by atoms with E-state index in [1.807, 2.05) is 6.92 Å². The first-order valence-electron chi connectivity index (χ1n) is 1.24. The molecule has 0 saturated heterocycles. The molecule has 0 heterocycles. The zero-order chi connectivity index (χ0) is 3.58. The molecule has 1 atom stereocenters. The standard InChI is InChI=1S/C3H7S.Sn.2H/c1-3(2)4;;;/h3-4H,1H2,2H3;;;. The zero-order valence-electron chi connectivity index (χ0n) is 3.44. The summed E-state index contributed by atoms with van der Waals surface area (Å²) in [5, 5.41) is 0.278. The zero-order valence-corrected chi connectivity index (χ0v) is 8.37. The van der Waals surface area contributed by atoms with E-state index in [0.29, 0.717) is 0 Å². The van der Waals surface area contributed by atoms with Crippen LogP contribution in [0, 0.1) is 6.92 Å². The Kier molecular flexibility index (Phi) is 9.75. The number of hydrogen-bond acceptors (Lipinski definition) is 1. The SMILES string of the molecule is [CH2]C(C)S.[SnH2]. The Morgan fingerprint density at radius 2 is 1.80 bits per heavy atom. The fourth-order valence-corrected chi connectivity index (χ4v) is 0. The van der Waals surface area contributed by atoms with Crippen molar-refractivity contribution in [3.8, 4) is 0 Å². The van der Waals surface area contributed by atoms with E-state index < -0.39 is 0 Å². The van der Waals surface area contributed by atoms with Gasteiger partial charge in [0.15, 0.2) is 0 Å². The first-order valence-corrected chi connectivity index (χ1v) is 1.76. The van der Waals surface area contributed by atoms with Crippen molar-refractivity contribution in [1.29, 1.82) is 0 Å². The van der Waals surface area contributed by atoms with Gasteiger partial charge >= 0.3 is 23.9 Å². The molecule has 0 amide bonds. The molecular formula is C3H9SSn. The van der Waals surface area contributed by atoms with Crippen LogP contribution in [0.2, 0.25) is 0 Å². The van der Waals surface area contributed by atoms with Crippen molar-refractivity contribution in [1.82, 2.24) is 0 Å². The first-order chi connectivity index (χ1) is 1.73. The average Bonchev–Trinajstić information content (AvgIpc) is 0.811. The summed E-state index contributed by atoms with van der Waals surface area (Å²) in [6, 6.07) is 0. The second kappa shape index (κ2) is 5.15. The molecule has 0 aromatic carbocycles. The molecule has 0 aliphatic rings. The first kappa shape index (κ1) is 9.47. The number of hydrogen-bond donors (Lipinski definition) is 1. The molecule has 0 spiro atoms. The van der Waals surface area contributed by atoms with Gasteiger partial charge < -0.3 is 0 Å². The van der Waals surface area contributed by atoms with Crippen LogP contribution in [0.3, 0.4) is 0 Å². The van der Waals surface area contributed by atoms with E-state index in [4.69, 9.17) is 0 Å². The molecule has 0 saturated carbocycles. The van der Waals surface area contributed by atoms with Crippen molar-refractivity contribution >= 4 is 36.5 Å². The van der Waals surface area contributed by atoms with Crippen molar-refractivity contribution < 1.29 is 0 Å². The van der Waals surface area contributed by atoms with Gasteiger partial charge in [0.2, 0.25) is 0 Å². The number of thiol groups is 1. The van der Waals surface area contributed by atoms with E-state index in [1.54, 1.807) is 0 Å². The third kappa shape index (κ3) is 38.7. The predicted molar refractivity (Wildman–Crippen MR) is 32.3 cm³/mol. The van der Waals surface area contributed by atoms with Crippen LogP contribution >= 0.6 is 12.6 Å². The van der Waals surface area contributed by atoms with E-state index in [9.17, 15) is 0 Å².